The van der Waals surface area contributed by atoms with Crippen molar-refractivity contribution in [1.82, 2.24) is 19.4 Å². The Kier molecular flexibility index (Phi) is 5.53. The van der Waals surface area contributed by atoms with E-state index in [1.54, 1.807) is 0 Å². The largest absolute Gasteiger partial charge is 0.416 e. The first-order chi connectivity index (χ1) is 31.2. The van der Waals surface area contributed by atoms with Gasteiger partial charge >= 0.3 is 6.18 Å². The van der Waals surface area contributed by atoms with Gasteiger partial charge in [0.2, 0.25) is 5.91 Å². The summed E-state index contributed by atoms with van der Waals surface area (Å²) in [5, 5.41) is -0.714. The minimum atomic E-state index is -5.20. The molecule has 0 saturated carbocycles. The molecule has 6 nitrogen and oxygen atoms in total. The number of carbonyl (C=O) groups excluding carboxylic acids is 1. The van der Waals surface area contributed by atoms with Gasteiger partial charge in [-0.2, -0.15) is 18.2 Å². The smallest absolute Gasteiger partial charge is 0.336 e. The highest BCUT2D eigenvalue weighted by molar-refractivity contribution is 7.98. The number of carbonyl (C=O) groups is 1. The van der Waals surface area contributed by atoms with Crippen LogP contribution in [-0.4, -0.2) is 51.3 Å². The van der Waals surface area contributed by atoms with Crippen LogP contribution in [0.3, 0.4) is 0 Å². The SMILES string of the molecule is [2H]c1c([2H])c(CSc2nc(=O)c3c(n2CC(=O)N(CCN(C([2H])([2H])C)C([2H])([2H])C)Cc2c([2H])c([2H])c(-c4c([2H])c([2H])c(C(F)(F)F)c(C)c4[2H])c([2H])c2[2H])C([2H])([2H])C([2H])([2H])C3([2H])[2H])c([2H])c([2H])c1F. The van der Waals surface area contributed by atoms with Crippen LogP contribution in [0.5, 0.6) is 0 Å². The summed E-state index contributed by atoms with van der Waals surface area (Å²) < 4.78 is 234. The van der Waals surface area contributed by atoms with Crippen LogP contribution in [0, 0.1) is 12.7 Å². The minimum absolute atomic E-state index is 0.347. The number of rotatable bonds is 13. The second-order valence-electron chi connectivity index (χ2n) is 9.98. The molecule has 0 unspecified atom stereocenters. The highest BCUT2D eigenvalue weighted by atomic mass is 32.2. The third-order valence-electron chi connectivity index (χ3n) is 6.85. The number of nitrogens with zero attached hydrogens (tertiary/aromatic N) is 4. The molecule has 0 fully saturated rings. The van der Waals surface area contributed by atoms with Crippen molar-refractivity contribution in [2.75, 3.05) is 26.1 Å². The third kappa shape index (κ3) is 8.54. The van der Waals surface area contributed by atoms with Crippen LogP contribution in [-0.2, 0) is 42.6 Å². The molecule has 0 bridgehead atoms. The molecule has 3 aromatic carbocycles. The Hall–Kier alpha value is -3.96. The molecule has 0 radical (unpaired) electrons. The number of thioether (sulfide) groups is 1. The second kappa shape index (κ2) is 15.5. The maximum Gasteiger partial charge on any atom is 0.416 e. The number of hydrogen-bond donors (Lipinski definition) is 0. The number of fused-ring (bicyclic) bond motifs is 1. The van der Waals surface area contributed by atoms with Crippen LogP contribution in [0.1, 0.15) is 82.5 Å². The van der Waals surface area contributed by atoms with Gasteiger partial charge in [0.15, 0.2) is 5.16 Å². The molecule has 1 aliphatic carbocycles. The molecule has 11 heteroatoms. The Morgan fingerprint density at radius 3 is 2.33 bits per heavy atom. The molecule has 0 atom stereocenters. The quantitative estimate of drug-likeness (QED) is 0.0820. The standard InChI is InChI=1S/C37H40F4N4O2S/c1-4-43(5-2)19-20-44(22-26-9-13-28(14-10-26)29-15-18-32(25(3)21-29)37(39,40)41)34(46)23-45-33-8-6-7-31(33)35(47)42-36(45)48-24-27-11-16-30(38)17-12-27/h9-18,21H,4-8,19-20,22-24H2,1-3H3/i4D2,5D2,6D2,7D2,8D2,9D,10D,11D,12D,13D,14D,15D,16D,17D,18D,21D. The summed E-state index contributed by atoms with van der Waals surface area (Å²) >= 11 is 0.347. The van der Waals surface area contributed by atoms with Gasteiger partial charge in [-0.05, 0) is 85.0 Å². The Bertz CT molecular complexity index is 2750. The molecule has 1 heterocycles. The van der Waals surface area contributed by atoms with Crippen LogP contribution < -0.4 is 5.56 Å². The van der Waals surface area contributed by atoms with Gasteiger partial charge in [-0.15, -0.1) is 0 Å². The van der Waals surface area contributed by atoms with Crippen molar-refractivity contribution >= 4 is 17.7 Å². The fraction of sp³-hybridized carbons (Fsp3) is 0.378. The van der Waals surface area contributed by atoms with E-state index in [4.69, 9.17) is 28.8 Å². The van der Waals surface area contributed by atoms with E-state index in [0.717, 1.165) is 20.8 Å². The van der Waals surface area contributed by atoms with Crippen LogP contribution >= 0.6 is 11.8 Å². The number of aromatic nitrogens is 2. The van der Waals surface area contributed by atoms with Crippen molar-refractivity contribution < 1.29 is 51.1 Å². The third-order valence-corrected chi connectivity index (χ3v) is 7.85. The zero-order valence-corrected chi connectivity index (χ0v) is 26.4. The molecule has 1 aromatic heterocycles. The van der Waals surface area contributed by atoms with Gasteiger partial charge in [0.25, 0.3) is 5.56 Å². The Balaban J connectivity index is 1.74. The summed E-state index contributed by atoms with van der Waals surface area (Å²) in [6.07, 6.45) is -15.7. The van der Waals surface area contributed by atoms with Crippen molar-refractivity contribution in [1.29, 1.82) is 0 Å². The molecule has 0 aliphatic heterocycles. The van der Waals surface area contributed by atoms with Gasteiger partial charge in [0.1, 0.15) is 12.4 Å². The average molecular weight is 702 g/mol. The Morgan fingerprint density at radius 1 is 1.00 bits per heavy atom. The van der Waals surface area contributed by atoms with Gasteiger partial charge in [-0.1, -0.05) is 73.9 Å². The van der Waals surface area contributed by atoms with Crippen molar-refractivity contribution in [3.8, 4) is 11.1 Å². The zero-order valence-electron chi connectivity index (χ0n) is 46.6. The topological polar surface area (TPSA) is 58.4 Å². The lowest BCUT2D eigenvalue weighted by molar-refractivity contribution is -0.138. The van der Waals surface area contributed by atoms with E-state index in [-0.39, 0.29) is 0 Å². The fourth-order valence-electron chi connectivity index (χ4n) is 4.44. The minimum Gasteiger partial charge on any atom is -0.336 e. The Morgan fingerprint density at radius 2 is 1.67 bits per heavy atom. The number of halogens is 4. The van der Waals surface area contributed by atoms with Gasteiger partial charge < -0.3 is 14.4 Å². The lowest BCUT2D eigenvalue weighted by Gasteiger charge is -2.28. The summed E-state index contributed by atoms with van der Waals surface area (Å²) in [5.74, 6) is -3.49. The number of benzene rings is 3. The molecule has 254 valence electrons. The first kappa shape index (κ1) is 17.1. The summed E-state index contributed by atoms with van der Waals surface area (Å²) in [7, 11) is 0. The normalized spacial score (nSPS) is 22.9. The average Bonchev–Trinajstić information content (AvgIpc) is 3.32. The second-order valence-corrected chi connectivity index (χ2v) is 10.9. The van der Waals surface area contributed by atoms with Gasteiger partial charge in [-0.25, -0.2) is 4.39 Å². The summed E-state index contributed by atoms with van der Waals surface area (Å²) in [4.78, 5) is 33.5. The van der Waals surface area contributed by atoms with Crippen molar-refractivity contribution in [2.24, 2.45) is 0 Å². The van der Waals surface area contributed by atoms with E-state index in [1.807, 2.05) is 0 Å². The van der Waals surface area contributed by atoms with E-state index in [1.165, 1.54) is 0 Å². The van der Waals surface area contributed by atoms with E-state index < -0.39 is 204 Å². The van der Waals surface area contributed by atoms with Crippen LogP contribution in [0.15, 0.2) is 76.4 Å². The highest BCUT2D eigenvalue weighted by Crippen LogP contribution is 2.34. The number of amides is 1. The molecule has 1 amide bonds. The van der Waals surface area contributed by atoms with Crippen molar-refractivity contribution in [3.05, 3.63) is 116 Å². The monoisotopic (exact) mass is 701 g/mol. The molecule has 0 N–H and O–H groups in total. The van der Waals surface area contributed by atoms with Crippen LogP contribution in [0.2, 0.25) is 0 Å². The summed E-state index contributed by atoms with van der Waals surface area (Å²) in [6.45, 7) is -5.98. The first-order valence-corrected chi connectivity index (χ1v) is 15.0. The molecule has 4 aromatic rings. The summed E-state index contributed by atoms with van der Waals surface area (Å²) in [5.41, 5.74) is -9.14. The van der Waals surface area contributed by atoms with Crippen molar-refractivity contribution in [3.63, 3.8) is 0 Å². The zero-order chi connectivity index (χ0) is 53.0. The van der Waals surface area contributed by atoms with E-state index in [0.29, 0.717) is 26.1 Å². The fourth-order valence-corrected chi connectivity index (χ4v) is 5.32. The molecule has 0 saturated heterocycles. The molecule has 5 rings (SSSR count). The van der Waals surface area contributed by atoms with Gasteiger partial charge in [0, 0.05) is 50.4 Å². The van der Waals surface area contributed by atoms with E-state index in [2.05, 4.69) is 4.98 Å². The van der Waals surface area contributed by atoms with Gasteiger partial charge in [-0.3, -0.25) is 9.59 Å². The van der Waals surface area contributed by atoms with E-state index in [9.17, 15) is 27.2 Å². The molecular formula is C37H40F4N4O2S. The van der Waals surface area contributed by atoms with Crippen LogP contribution in [0.25, 0.3) is 11.1 Å². The molecular weight excluding hydrogens is 640 g/mol. The van der Waals surface area contributed by atoms with Crippen molar-refractivity contribution in [2.45, 2.75) is 70.1 Å². The highest BCUT2D eigenvalue weighted by Gasteiger charge is 2.32. The predicted octanol–water partition coefficient (Wildman–Crippen LogP) is 7.53. The van der Waals surface area contributed by atoms with Crippen LogP contribution in [0.4, 0.5) is 17.6 Å². The molecule has 48 heavy (non-hydrogen) atoms. The number of likely N-dealkylation sites (N-methyl/N-ethyl adjacent to an activating group) is 1. The summed E-state index contributed by atoms with van der Waals surface area (Å²) in [6, 6.07) is -11.8. The number of alkyl halides is 3. The molecule has 1 aliphatic rings. The maximum atomic E-state index is 14.8. The van der Waals surface area contributed by atoms with E-state index >= 15 is 0 Å². The van der Waals surface area contributed by atoms with Gasteiger partial charge in [0.05, 0.1) is 20.6 Å². The number of hydrogen-bond acceptors (Lipinski definition) is 5. The Labute approximate surface area is 312 Å². The maximum absolute atomic E-state index is 14.8. The molecule has 0 spiro atoms. The lowest BCUT2D eigenvalue weighted by atomic mass is 9.98. The lowest BCUT2D eigenvalue weighted by Crippen LogP contribution is -2.40. The first-order valence-electron chi connectivity index (χ1n) is 24.5. The predicted molar refractivity (Wildman–Crippen MR) is 181 cm³/mol.